The van der Waals surface area contributed by atoms with E-state index in [1.54, 1.807) is 6.26 Å². The van der Waals surface area contributed by atoms with E-state index in [4.69, 9.17) is 9.84 Å². The molecular weight excluding hydrogens is 152 g/mol. The molecule has 0 heterocycles. The number of aliphatic hydroxyl groups excluding tert-OH is 1. The molecule has 0 aromatic heterocycles. The second-order valence-corrected chi connectivity index (χ2v) is 3.00. The summed E-state index contributed by atoms with van der Waals surface area (Å²) in [6, 6.07) is 0. The fourth-order valence-corrected chi connectivity index (χ4v) is 1.56. The molecule has 0 bridgehead atoms. The van der Waals surface area contributed by atoms with E-state index in [0.717, 1.165) is 19.6 Å². The summed E-state index contributed by atoms with van der Waals surface area (Å²) in [4.78, 5) is 0. The molecule has 0 amide bonds. The van der Waals surface area contributed by atoms with Crippen LogP contribution < -0.4 is 0 Å². The van der Waals surface area contributed by atoms with E-state index < -0.39 is 0 Å². The molecule has 2 heteroatoms. The van der Waals surface area contributed by atoms with Crippen molar-refractivity contribution in [3.63, 3.8) is 0 Å². The molecule has 2 nitrogen and oxygen atoms in total. The Morgan fingerprint density at radius 2 is 1.92 bits per heavy atom. The van der Waals surface area contributed by atoms with Crippen LogP contribution in [0.5, 0.6) is 0 Å². The number of hydrogen-bond donors (Lipinski definition) is 1. The molecule has 0 radical (unpaired) electrons. The highest BCUT2D eigenvalue weighted by molar-refractivity contribution is 4.65. The summed E-state index contributed by atoms with van der Waals surface area (Å²) < 4.78 is 5.14. The van der Waals surface area contributed by atoms with Gasteiger partial charge in [0.1, 0.15) is 0 Å². The lowest BCUT2D eigenvalue weighted by molar-refractivity contribution is 0.166. The minimum atomic E-state index is 0.812. The third-order valence-electron chi connectivity index (χ3n) is 2.17. The first-order chi connectivity index (χ1) is 5.93. The fraction of sp³-hybridized carbons (Fsp3) is 0.800. The summed E-state index contributed by atoms with van der Waals surface area (Å²) in [6.07, 6.45) is 8.47. The molecule has 0 aliphatic heterocycles. The van der Waals surface area contributed by atoms with Gasteiger partial charge in [0.15, 0.2) is 0 Å². The minimum absolute atomic E-state index is 0.812. The zero-order chi connectivity index (χ0) is 9.23. The van der Waals surface area contributed by atoms with Gasteiger partial charge in [0, 0.05) is 7.11 Å². The highest BCUT2D eigenvalue weighted by atomic mass is 16.5. The molecule has 72 valence electrons. The first-order valence-electron chi connectivity index (χ1n) is 4.60. The van der Waals surface area contributed by atoms with Gasteiger partial charge in [-0.05, 0) is 18.8 Å². The molecule has 0 aromatic carbocycles. The Bertz CT molecular complexity index is 96.0. The van der Waals surface area contributed by atoms with Crippen LogP contribution in [0, 0.1) is 5.92 Å². The van der Waals surface area contributed by atoms with Gasteiger partial charge < -0.3 is 9.84 Å². The second-order valence-electron chi connectivity index (χ2n) is 3.00. The summed E-state index contributed by atoms with van der Waals surface area (Å²) in [5, 5.41) is 7.00. The van der Waals surface area contributed by atoms with Crippen LogP contribution in [0.2, 0.25) is 0 Å². The third-order valence-corrected chi connectivity index (χ3v) is 2.17. The average Bonchev–Trinajstić information content (AvgIpc) is 2.19. The number of ether oxygens (including phenoxy) is 1. The molecular formula is C10H20O2. The molecule has 0 aromatic rings. The quantitative estimate of drug-likeness (QED) is 0.662. The van der Waals surface area contributed by atoms with Gasteiger partial charge in [-0.3, -0.25) is 0 Å². The van der Waals surface area contributed by atoms with Crippen molar-refractivity contribution in [2.75, 3.05) is 13.7 Å². The van der Waals surface area contributed by atoms with E-state index in [0.29, 0.717) is 0 Å². The third kappa shape index (κ3) is 5.19. The zero-order valence-electron chi connectivity index (χ0n) is 7.96. The van der Waals surface area contributed by atoms with Crippen LogP contribution in [0.4, 0.5) is 0 Å². The highest BCUT2D eigenvalue weighted by Gasteiger charge is 2.12. The highest BCUT2D eigenvalue weighted by Crippen LogP contribution is 2.23. The van der Waals surface area contributed by atoms with Gasteiger partial charge >= 0.3 is 0 Å². The van der Waals surface area contributed by atoms with Crippen molar-refractivity contribution < 1.29 is 9.84 Å². The Kier molecular flexibility index (Phi) is 8.24. The van der Waals surface area contributed by atoms with E-state index in [1.165, 1.54) is 32.1 Å². The largest absolute Gasteiger partial charge is 0.502 e. The number of aliphatic hydroxyl groups is 1. The van der Waals surface area contributed by atoms with Crippen molar-refractivity contribution in [2.24, 2.45) is 5.92 Å². The molecule has 1 fully saturated rings. The lowest BCUT2D eigenvalue weighted by Gasteiger charge is -2.20. The predicted molar refractivity (Wildman–Crippen MR) is 50.9 cm³/mol. The number of hydrogen-bond acceptors (Lipinski definition) is 2. The van der Waals surface area contributed by atoms with Crippen molar-refractivity contribution in [2.45, 2.75) is 32.1 Å². The van der Waals surface area contributed by atoms with Gasteiger partial charge in [0.25, 0.3) is 0 Å². The van der Waals surface area contributed by atoms with Crippen LogP contribution >= 0.6 is 0 Å². The molecule has 1 N–H and O–H groups in total. The van der Waals surface area contributed by atoms with Crippen molar-refractivity contribution >= 4 is 0 Å². The molecule has 0 saturated heterocycles. The molecule has 1 saturated carbocycles. The molecule has 0 unspecified atom stereocenters. The van der Waals surface area contributed by atoms with Crippen molar-refractivity contribution in [3.8, 4) is 0 Å². The SMILES string of the molecule is C=COCC1CCCCC1.CO. The fourth-order valence-electron chi connectivity index (χ4n) is 1.56. The van der Waals surface area contributed by atoms with Gasteiger partial charge in [-0.1, -0.05) is 25.8 Å². The standard InChI is InChI=1S/C9H16O.CH4O/c1-2-10-8-9-6-4-3-5-7-9;1-2/h2,9H,1,3-8H2;2H,1H3. The Morgan fingerprint density at radius 3 is 2.42 bits per heavy atom. The topological polar surface area (TPSA) is 29.5 Å². The van der Waals surface area contributed by atoms with Gasteiger partial charge in [-0.2, -0.15) is 0 Å². The lowest BCUT2D eigenvalue weighted by Crippen LogP contribution is -2.11. The van der Waals surface area contributed by atoms with Gasteiger partial charge in [-0.15, -0.1) is 0 Å². The number of rotatable bonds is 3. The maximum absolute atomic E-state index is 7.00. The van der Waals surface area contributed by atoms with Crippen LogP contribution in [-0.2, 0) is 4.74 Å². The van der Waals surface area contributed by atoms with Crippen LogP contribution in [0.15, 0.2) is 12.8 Å². The predicted octanol–water partition coefficient (Wildman–Crippen LogP) is 2.34. The van der Waals surface area contributed by atoms with Crippen LogP contribution in [-0.4, -0.2) is 18.8 Å². The van der Waals surface area contributed by atoms with Gasteiger partial charge in [-0.25, -0.2) is 0 Å². The maximum Gasteiger partial charge on any atom is 0.0901 e. The second kappa shape index (κ2) is 8.60. The van der Waals surface area contributed by atoms with Gasteiger partial charge in [0.2, 0.25) is 0 Å². The van der Waals surface area contributed by atoms with Crippen LogP contribution in [0.1, 0.15) is 32.1 Å². The van der Waals surface area contributed by atoms with Crippen LogP contribution in [0.3, 0.4) is 0 Å². The first kappa shape index (κ1) is 11.5. The molecule has 1 aliphatic rings. The maximum atomic E-state index is 7.00. The smallest absolute Gasteiger partial charge is 0.0901 e. The molecule has 0 spiro atoms. The normalized spacial score (nSPS) is 17.5. The Hall–Kier alpha value is -0.500. The molecule has 1 aliphatic carbocycles. The van der Waals surface area contributed by atoms with Crippen molar-refractivity contribution in [1.82, 2.24) is 0 Å². The van der Waals surface area contributed by atoms with Gasteiger partial charge in [0.05, 0.1) is 12.9 Å². The Balaban J connectivity index is 0.000000561. The summed E-state index contributed by atoms with van der Waals surface area (Å²) in [6.45, 7) is 4.42. The molecule has 12 heavy (non-hydrogen) atoms. The van der Waals surface area contributed by atoms with E-state index in [1.807, 2.05) is 0 Å². The molecule has 1 rings (SSSR count). The summed E-state index contributed by atoms with van der Waals surface area (Å²) in [5.74, 6) is 0.812. The van der Waals surface area contributed by atoms with E-state index in [9.17, 15) is 0 Å². The van der Waals surface area contributed by atoms with Crippen molar-refractivity contribution in [3.05, 3.63) is 12.8 Å². The summed E-state index contributed by atoms with van der Waals surface area (Å²) in [5.41, 5.74) is 0. The molecule has 0 atom stereocenters. The van der Waals surface area contributed by atoms with E-state index in [2.05, 4.69) is 6.58 Å². The zero-order valence-corrected chi connectivity index (χ0v) is 7.96. The van der Waals surface area contributed by atoms with Crippen molar-refractivity contribution in [1.29, 1.82) is 0 Å². The Labute approximate surface area is 75.2 Å². The average molecular weight is 172 g/mol. The summed E-state index contributed by atoms with van der Waals surface area (Å²) >= 11 is 0. The van der Waals surface area contributed by atoms with Crippen LogP contribution in [0.25, 0.3) is 0 Å². The minimum Gasteiger partial charge on any atom is -0.502 e. The van der Waals surface area contributed by atoms with E-state index >= 15 is 0 Å². The summed E-state index contributed by atoms with van der Waals surface area (Å²) in [7, 11) is 1.00. The lowest BCUT2D eigenvalue weighted by atomic mass is 9.90. The monoisotopic (exact) mass is 172 g/mol. The Morgan fingerprint density at radius 1 is 1.33 bits per heavy atom. The van der Waals surface area contributed by atoms with E-state index in [-0.39, 0.29) is 0 Å². The first-order valence-corrected chi connectivity index (χ1v) is 4.60.